The first-order valence-corrected chi connectivity index (χ1v) is 9.68. The van der Waals surface area contributed by atoms with Gasteiger partial charge in [-0.2, -0.15) is 17.0 Å². The Hall–Kier alpha value is -1.55. The van der Waals surface area contributed by atoms with Gasteiger partial charge in [-0.3, -0.25) is 4.40 Å². The molecule has 2 saturated heterocycles. The lowest BCUT2D eigenvalue weighted by Gasteiger charge is -2.36. The number of aromatic nitrogens is 3. The molecule has 0 N–H and O–H groups in total. The van der Waals surface area contributed by atoms with Gasteiger partial charge in [-0.1, -0.05) is 6.07 Å². The summed E-state index contributed by atoms with van der Waals surface area (Å²) in [6.07, 6.45) is 3.68. The Morgan fingerprint density at radius 1 is 1.08 bits per heavy atom. The minimum absolute atomic E-state index is 0.0620. The van der Waals surface area contributed by atoms with Crippen LogP contribution in [0, 0.1) is 0 Å². The minimum Gasteiger partial charge on any atom is -0.379 e. The molecular weight excluding hydrogens is 330 g/mol. The second kappa shape index (κ2) is 6.40. The van der Waals surface area contributed by atoms with Crippen molar-refractivity contribution < 1.29 is 13.2 Å². The van der Waals surface area contributed by atoms with Gasteiger partial charge in [0.1, 0.15) is 5.82 Å². The topological polar surface area (TPSA) is 80.0 Å². The van der Waals surface area contributed by atoms with E-state index in [4.69, 9.17) is 4.74 Å². The molecule has 2 aromatic heterocycles. The molecule has 0 saturated carbocycles. The summed E-state index contributed by atoms with van der Waals surface area (Å²) in [5.41, 5.74) is 0.792. The second-order valence-electron chi connectivity index (χ2n) is 6.20. The standard InChI is InChI=1S/C15H21N5O3S/c21-24(22,18-8-10-23-11-9-18)19-6-3-4-13(12-19)15-17-16-14-5-1-2-7-20(14)15/h1-2,5,7,13H,3-4,6,8-12H2. The van der Waals surface area contributed by atoms with Gasteiger partial charge in [0.25, 0.3) is 10.2 Å². The van der Waals surface area contributed by atoms with E-state index in [9.17, 15) is 8.42 Å². The van der Waals surface area contributed by atoms with Crippen LogP contribution >= 0.6 is 0 Å². The van der Waals surface area contributed by atoms with Crippen molar-refractivity contribution in [3.63, 3.8) is 0 Å². The monoisotopic (exact) mass is 351 g/mol. The molecule has 1 atom stereocenters. The zero-order chi connectivity index (χ0) is 16.6. The lowest BCUT2D eigenvalue weighted by molar-refractivity contribution is 0.0695. The van der Waals surface area contributed by atoms with Gasteiger partial charge in [0.05, 0.1) is 13.2 Å². The van der Waals surface area contributed by atoms with E-state index in [0.717, 1.165) is 24.3 Å². The summed E-state index contributed by atoms with van der Waals surface area (Å²) in [7, 11) is -3.43. The molecule has 8 nitrogen and oxygen atoms in total. The lowest BCUT2D eigenvalue weighted by Crippen LogP contribution is -2.51. The zero-order valence-corrected chi connectivity index (χ0v) is 14.2. The lowest BCUT2D eigenvalue weighted by atomic mass is 9.99. The predicted molar refractivity (Wildman–Crippen MR) is 87.8 cm³/mol. The first-order chi connectivity index (χ1) is 11.7. The number of nitrogens with zero attached hydrogens (tertiary/aromatic N) is 5. The third kappa shape index (κ3) is 2.81. The number of ether oxygens (including phenoxy) is 1. The molecule has 9 heteroatoms. The molecule has 2 aromatic rings. The first-order valence-electron chi connectivity index (χ1n) is 8.29. The maximum Gasteiger partial charge on any atom is 0.282 e. The molecule has 0 spiro atoms. The normalized spacial score (nSPS) is 24.4. The van der Waals surface area contributed by atoms with Gasteiger partial charge in [0.15, 0.2) is 5.65 Å². The molecule has 4 rings (SSSR count). The van der Waals surface area contributed by atoms with Crippen molar-refractivity contribution in [3.8, 4) is 0 Å². The maximum absolute atomic E-state index is 12.9. The molecule has 130 valence electrons. The molecule has 2 aliphatic heterocycles. The predicted octanol–water partition coefficient (Wildman–Crippen LogP) is 0.486. The van der Waals surface area contributed by atoms with Gasteiger partial charge in [0.2, 0.25) is 0 Å². The van der Waals surface area contributed by atoms with E-state index in [0.29, 0.717) is 39.4 Å². The number of morpholine rings is 1. The largest absolute Gasteiger partial charge is 0.379 e. The van der Waals surface area contributed by atoms with Crippen LogP contribution in [0.25, 0.3) is 5.65 Å². The van der Waals surface area contributed by atoms with E-state index >= 15 is 0 Å². The summed E-state index contributed by atoms with van der Waals surface area (Å²) >= 11 is 0. The average Bonchev–Trinajstić information content (AvgIpc) is 3.07. The molecular formula is C15H21N5O3S. The summed E-state index contributed by atoms with van der Waals surface area (Å²) < 4.78 is 36.1. The van der Waals surface area contributed by atoms with Crippen LogP contribution in [-0.4, -0.2) is 71.0 Å². The molecule has 4 heterocycles. The van der Waals surface area contributed by atoms with E-state index in [1.807, 2.05) is 28.8 Å². The molecule has 0 radical (unpaired) electrons. The van der Waals surface area contributed by atoms with Crippen LogP contribution in [0.4, 0.5) is 0 Å². The van der Waals surface area contributed by atoms with Crippen molar-refractivity contribution >= 4 is 15.9 Å². The quantitative estimate of drug-likeness (QED) is 0.804. The number of fused-ring (bicyclic) bond motifs is 1. The number of piperidine rings is 1. The summed E-state index contributed by atoms with van der Waals surface area (Å²) in [4.78, 5) is 0. The van der Waals surface area contributed by atoms with Crippen molar-refractivity contribution in [1.82, 2.24) is 23.2 Å². The van der Waals surface area contributed by atoms with E-state index in [2.05, 4.69) is 10.2 Å². The maximum atomic E-state index is 12.9. The molecule has 2 fully saturated rings. The zero-order valence-electron chi connectivity index (χ0n) is 13.4. The molecule has 1 unspecified atom stereocenters. The van der Waals surface area contributed by atoms with Crippen LogP contribution in [-0.2, 0) is 14.9 Å². The SMILES string of the molecule is O=S(=O)(N1CCOCC1)N1CCCC(c2nnc3ccccn23)C1. The van der Waals surface area contributed by atoms with E-state index in [-0.39, 0.29) is 5.92 Å². The van der Waals surface area contributed by atoms with Crippen LogP contribution in [0.15, 0.2) is 24.4 Å². The fourth-order valence-corrected chi connectivity index (χ4v) is 5.11. The Balaban J connectivity index is 1.57. The van der Waals surface area contributed by atoms with Crippen molar-refractivity contribution in [2.24, 2.45) is 0 Å². The molecule has 24 heavy (non-hydrogen) atoms. The van der Waals surface area contributed by atoms with Crippen LogP contribution in [0.1, 0.15) is 24.6 Å². The highest BCUT2D eigenvalue weighted by Gasteiger charge is 2.36. The number of pyridine rings is 1. The Labute approximate surface area is 141 Å². The number of hydrogen-bond donors (Lipinski definition) is 0. The fourth-order valence-electron chi connectivity index (χ4n) is 3.44. The van der Waals surface area contributed by atoms with Crippen molar-refractivity contribution in [2.45, 2.75) is 18.8 Å². The Morgan fingerprint density at radius 2 is 1.92 bits per heavy atom. The molecule has 0 aliphatic carbocycles. The molecule has 0 bridgehead atoms. The Bertz CT molecular complexity index is 815. The molecule has 0 amide bonds. The number of rotatable bonds is 3. The van der Waals surface area contributed by atoms with Gasteiger partial charge >= 0.3 is 0 Å². The van der Waals surface area contributed by atoms with Crippen molar-refractivity contribution in [3.05, 3.63) is 30.2 Å². The summed E-state index contributed by atoms with van der Waals surface area (Å²) in [6.45, 7) is 2.80. The van der Waals surface area contributed by atoms with Crippen molar-refractivity contribution in [1.29, 1.82) is 0 Å². The molecule has 0 aromatic carbocycles. The van der Waals surface area contributed by atoms with E-state index in [1.54, 1.807) is 4.31 Å². The van der Waals surface area contributed by atoms with Gasteiger partial charge in [0, 0.05) is 38.3 Å². The van der Waals surface area contributed by atoms with E-state index < -0.39 is 10.2 Å². The Morgan fingerprint density at radius 3 is 2.75 bits per heavy atom. The third-order valence-corrected chi connectivity index (χ3v) is 6.71. The van der Waals surface area contributed by atoms with E-state index in [1.165, 1.54) is 4.31 Å². The van der Waals surface area contributed by atoms with Crippen LogP contribution in [0.3, 0.4) is 0 Å². The fraction of sp³-hybridized carbons (Fsp3) is 0.600. The summed E-state index contributed by atoms with van der Waals surface area (Å²) in [6, 6.07) is 5.76. The number of hydrogen-bond acceptors (Lipinski definition) is 5. The summed E-state index contributed by atoms with van der Waals surface area (Å²) in [5, 5.41) is 8.49. The highest BCUT2D eigenvalue weighted by atomic mass is 32.2. The average molecular weight is 351 g/mol. The van der Waals surface area contributed by atoms with Gasteiger partial charge in [-0.25, -0.2) is 0 Å². The van der Waals surface area contributed by atoms with Crippen molar-refractivity contribution in [2.75, 3.05) is 39.4 Å². The molecule has 2 aliphatic rings. The van der Waals surface area contributed by atoms with Gasteiger partial charge in [-0.05, 0) is 25.0 Å². The van der Waals surface area contributed by atoms with Gasteiger partial charge < -0.3 is 4.74 Å². The minimum atomic E-state index is -3.43. The van der Waals surface area contributed by atoms with Crippen LogP contribution in [0.5, 0.6) is 0 Å². The van der Waals surface area contributed by atoms with Gasteiger partial charge in [-0.15, -0.1) is 10.2 Å². The smallest absolute Gasteiger partial charge is 0.282 e. The summed E-state index contributed by atoms with van der Waals surface area (Å²) in [5.74, 6) is 0.902. The van der Waals surface area contributed by atoms with Crippen LogP contribution in [0.2, 0.25) is 0 Å². The third-order valence-electron chi connectivity index (χ3n) is 4.71. The second-order valence-corrected chi connectivity index (χ2v) is 8.13. The first kappa shape index (κ1) is 15.9. The van der Waals surface area contributed by atoms with Crippen LogP contribution < -0.4 is 0 Å². The Kier molecular flexibility index (Phi) is 4.25. The highest BCUT2D eigenvalue weighted by Crippen LogP contribution is 2.28. The highest BCUT2D eigenvalue weighted by molar-refractivity contribution is 7.86.